The Labute approximate surface area is 165 Å². The van der Waals surface area contributed by atoms with E-state index in [1.165, 1.54) is 6.26 Å². The molecule has 4 nitrogen and oxygen atoms in total. The highest BCUT2D eigenvalue weighted by molar-refractivity contribution is 5.76. The van der Waals surface area contributed by atoms with Gasteiger partial charge in [0.2, 0.25) is 0 Å². The van der Waals surface area contributed by atoms with E-state index < -0.39 is 5.41 Å². The van der Waals surface area contributed by atoms with Crippen molar-refractivity contribution in [3.8, 4) is 6.07 Å². The molecule has 0 fully saturated rings. The van der Waals surface area contributed by atoms with Gasteiger partial charge in [-0.25, -0.2) is 0 Å². The number of carbonyl (C=O) groups is 1. The van der Waals surface area contributed by atoms with Gasteiger partial charge in [-0.2, -0.15) is 5.26 Å². The van der Waals surface area contributed by atoms with Crippen LogP contribution in [0.2, 0.25) is 0 Å². The summed E-state index contributed by atoms with van der Waals surface area (Å²) in [6.07, 6.45) is 13.0. The van der Waals surface area contributed by atoms with Gasteiger partial charge >= 0.3 is 5.97 Å². The highest BCUT2D eigenvalue weighted by Crippen LogP contribution is 2.33. The number of hydrogen-bond acceptors (Lipinski definition) is 4. The molecule has 0 aromatic carbocycles. The van der Waals surface area contributed by atoms with Gasteiger partial charge in [-0.05, 0) is 57.8 Å². The number of allylic oxidation sites excluding steroid dienone is 3. The Kier molecular flexibility index (Phi) is 14.0. The van der Waals surface area contributed by atoms with Crippen LogP contribution in [0.3, 0.4) is 0 Å². The molecule has 0 saturated carbocycles. The van der Waals surface area contributed by atoms with E-state index in [0.29, 0.717) is 38.4 Å². The molecule has 0 amide bonds. The number of esters is 1. The second-order valence-electron chi connectivity index (χ2n) is 7.32. The molecule has 0 radical (unpaired) electrons. The summed E-state index contributed by atoms with van der Waals surface area (Å²) in [5.74, 6) is 0.109. The van der Waals surface area contributed by atoms with Gasteiger partial charge in [-0.15, -0.1) is 6.58 Å². The zero-order valence-electron chi connectivity index (χ0n) is 17.4. The molecule has 0 aliphatic carbocycles. The third-order valence-electron chi connectivity index (χ3n) is 4.94. The maximum absolute atomic E-state index is 12.5. The van der Waals surface area contributed by atoms with E-state index in [1.54, 1.807) is 0 Å². The second-order valence-corrected chi connectivity index (χ2v) is 7.32. The predicted molar refractivity (Wildman–Crippen MR) is 111 cm³/mol. The maximum atomic E-state index is 12.5. The molecule has 0 rings (SSSR count). The Morgan fingerprint density at radius 3 is 2.56 bits per heavy atom. The lowest BCUT2D eigenvalue weighted by Crippen LogP contribution is -2.31. The van der Waals surface area contributed by atoms with Gasteiger partial charge in [-0.3, -0.25) is 4.79 Å². The normalized spacial score (nSPS) is 15.3. The van der Waals surface area contributed by atoms with Gasteiger partial charge in [-0.1, -0.05) is 38.7 Å². The summed E-state index contributed by atoms with van der Waals surface area (Å²) in [5.41, 5.74) is -0.622. The van der Waals surface area contributed by atoms with Crippen LogP contribution in [0.25, 0.3) is 0 Å². The van der Waals surface area contributed by atoms with E-state index in [0.717, 1.165) is 25.7 Å². The van der Waals surface area contributed by atoms with E-state index in [4.69, 9.17) is 9.47 Å². The molecule has 0 heterocycles. The van der Waals surface area contributed by atoms with Crippen molar-refractivity contribution in [2.24, 2.45) is 17.3 Å². The monoisotopic (exact) mass is 375 g/mol. The van der Waals surface area contributed by atoms with Gasteiger partial charge < -0.3 is 9.47 Å². The third-order valence-corrected chi connectivity index (χ3v) is 4.94. The van der Waals surface area contributed by atoms with Crippen molar-refractivity contribution in [3.63, 3.8) is 0 Å². The summed E-state index contributed by atoms with van der Waals surface area (Å²) in [5, 5.41) is 9.47. The lowest BCUT2D eigenvalue weighted by atomic mass is 9.78. The zero-order chi connectivity index (χ0) is 20.5. The lowest BCUT2D eigenvalue weighted by molar-refractivity contribution is -0.156. The van der Waals surface area contributed by atoms with E-state index in [2.05, 4.69) is 38.3 Å². The first-order chi connectivity index (χ1) is 12.9. The average Bonchev–Trinajstić information content (AvgIpc) is 2.68. The number of hydrogen-bond donors (Lipinski definition) is 0. The Hall–Kier alpha value is -2.02. The number of carbonyl (C=O) groups excluding carboxylic acids is 1. The van der Waals surface area contributed by atoms with E-state index in [-0.39, 0.29) is 11.9 Å². The Morgan fingerprint density at radius 1 is 1.26 bits per heavy atom. The largest absolute Gasteiger partial charge is 0.502 e. The highest BCUT2D eigenvalue weighted by atomic mass is 16.5. The molecule has 0 aliphatic rings. The first kappa shape index (κ1) is 25.0. The van der Waals surface area contributed by atoms with Crippen LogP contribution in [-0.2, 0) is 14.3 Å². The first-order valence-electron chi connectivity index (χ1n) is 10.00. The molecule has 0 saturated heterocycles. The Morgan fingerprint density at radius 2 is 1.96 bits per heavy atom. The molecular formula is C23H37NO3. The van der Waals surface area contributed by atoms with Gasteiger partial charge in [0.15, 0.2) is 0 Å². The van der Waals surface area contributed by atoms with Crippen LogP contribution < -0.4 is 0 Å². The molecule has 0 N–H and O–H groups in total. The fourth-order valence-corrected chi connectivity index (χ4v) is 2.66. The second kappa shape index (κ2) is 15.1. The number of unbranched alkanes of at least 4 members (excludes halogenated alkanes) is 1. The first-order valence-corrected chi connectivity index (χ1v) is 10.00. The van der Waals surface area contributed by atoms with E-state index >= 15 is 0 Å². The van der Waals surface area contributed by atoms with E-state index in [1.807, 2.05) is 19.9 Å². The van der Waals surface area contributed by atoms with Crippen molar-refractivity contribution in [1.29, 1.82) is 5.26 Å². The molecule has 152 valence electrons. The van der Waals surface area contributed by atoms with Crippen LogP contribution >= 0.6 is 0 Å². The highest BCUT2D eigenvalue weighted by Gasteiger charge is 2.35. The molecule has 27 heavy (non-hydrogen) atoms. The molecular weight excluding hydrogens is 338 g/mol. The summed E-state index contributed by atoms with van der Waals surface area (Å²) < 4.78 is 10.5. The Balaban J connectivity index is 4.40. The SMILES string of the molecule is C=COCCCCOC(=O)C(C)(CC)CC(C#N)C/C=C/CCC(C)C=C. The van der Waals surface area contributed by atoms with Crippen molar-refractivity contribution in [1.82, 2.24) is 0 Å². The smallest absolute Gasteiger partial charge is 0.311 e. The molecule has 0 aromatic heterocycles. The molecule has 3 unspecified atom stereocenters. The van der Waals surface area contributed by atoms with Gasteiger partial charge in [0, 0.05) is 0 Å². The van der Waals surface area contributed by atoms with Crippen molar-refractivity contribution < 1.29 is 14.3 Å². The molecule has 0 bridgehead atoms. The van der Waals surface area contributed by atoms with Crippen LogP contribution in [0.15, 0.2) is 37.6 Å². The fourth-order valence-electron chi connectivity index (χ4n) is 2.66. The number of nitrogens with zero attached hydrogens (tertiary/aromatic N) is 1. The predicted octanol–water partition coefficient (Wildman–Crippen LogP) is 5.96. The Bertz CT molecular complexity index is 506. The van der Waals surface area contributed by atoms with Crippen LogP contribution in [0.1, 0.15) is 65.7 Å². The summed E-state index contributed by atoms with van der Waals surface area (Å²) in [7, 11) is 0. The zero-order valence-corrected chi connectivity index (χ0v) is 17.4. The van der Waals surface area contributed by atoms with Crippen molar-refractivity contribution in [2.45, 2.75) is 65.7 Å². The minimum absolute atomic E-state index is 0.184. The average molecular weight is 376 g/mol. The van der Waals surface area contributed by atoms with Gasteiger partial charge in [0.1, 0.15) is 0 Å². The quantitative estimate of drug-likeness (QED) is 0.144. The van der Waals surface area contributed by atoms with Gasteiger partial charge in [0.25, 0.3) is 0 Å². The van der Waals surface area contributed by atoms with Crippen LogP contribution in [0.5, 0.6) is 0 Å². The molecule has 0 spiro atoms. The number of ether oxygens (including phenoxy) is 2. The van der Waals surface area contributed by atoms with Crippen LogP contribution in [-0.4, -0.2) is 19.2 Å². The number of nitriles is 1. The number of rotatable bonds is 16. The summed E-state index contributed by atoms with van der Waals surface area (Å²) in [4.78, 5) is 12.5. The standard InChI is InChI=1S/C23H37NO3/c1-6-20(4)14-10-9-11-15-21(19-24)18-23(5,7-2)22(25)27-17-13-12-16-26-8-3/h6,8-9,11,20-21H,1,3,7,10,12-18H2,2,4-5H3/b11-9+. The summed E-state index contributed by atoms with van der Waals surface area (Å²) in [6.45, 7) is 14.3. The van der Waals surface area contributed by atoms with Crippen LogP contribution in [0.4, 0.5) is 0 Å². The molecule has 0 aromatic rings. The summed E-state index contributed by atoms with van der Waals surface area (Å²) >= 11 is 0. The fraction of sp³-hybridized carbons (Fsp3) is 0.652. The lowest BCUT2D eigenvalue weighted by Gasteiger charge is -2.27. The van der Waals surface area contributed by atoms with Crippen molar-refractivity contribution in [3.05, 3.63) is 37.6 Å². The van der Waals surface area contributed by atoms with Crippen molar-refractivity contribution >= 4 is 5.97 Å². The minimum atomic E-state index is -0.622. The molecule has 4 heteroatoms. The van der Waals surface area contributed by atoms with Gasteiger partial charge in [0.05, 0.1) is 36.9 Å². The van der Waals surface area contributed by atoms with E-state index in [9.17, 15) is 10.1 Å². The van der Waals surface area contributed by atoms with Crippen LogP contribution in [0, 0.1) is 28.6 Å². The topological polar surface area (TPSA) is 59.3 Å². The maximum Gasteiger partial charge on any atom is 0.311 e. The molecule has 3 atom stereocenters. The minimum Gasteiger partial charge on any atom is -0.502 e. The van der Waals surface area contributed by atoms with Crippen molar-refractivity contribution in [2.75, 3.05) is 13.2 Å². The summed E-state index contributed by atoms with van der Waals surface area (Å²) in [6, 6.07) is 2.35. The molecule has 0 aliphatic heterocycles. The third kappa shape index (κ3) is 11.3.